The van der Waals surface area contributed by atoms with Gasteiger partial charge in [-0.3, -0.25) is 5.10 Å². The molecule has 0 unspecified atom stereocenters. The van der Waals surface area contributed by atoms with Crippen LogP contribution in [-0.2, 0) is 6.54 Å². The number of nitrogens with one attached hydrogen (secondary N) is 1. The summed E-state index contributed by atoms with van der Waals surface area (Å²) in [6.45, 7) is 0.580. The van der Waals surface area contributed by atoms with Crippen LogP contribution in [-0.4, -0.2) is 29.5 Å². The largest absolute Gasteiger partial charge is 0.368 e. The Morgan fingerprint density at radius 2 is 1.76 bits per heavy atom. The Morgan fingerprint density at radius 1 is 0.881 bits per heavy atom. The highest BCUT2D eigenvalue weighted by molar-refractivity contribution is 7.22. The average Bonchev–Trinajstić information content (AvgIpc) is 3.77. The number of nitrogens with two attached hydrogens (primary N) is 1. The SMILES string of the molecule is Nc1nccc(N(Cc2ccc(-c3cn4ccccc4n3)cc2)c2cc(-c3cc4ccccc4s3)c3[nH]ncc3c2)n1. The first-order valence-electron chi connectivity index (χ1n) is 13.5. The predicted octanol–water partition coefficient (Wildman–Crippen LogP) is 7.47. The van der Waals surface area contributed by atoms with Gasteiger partial charge in [0.2, 0.25) is 5.95 Å². The third-order valence-corrected chi connectivity index (χ3v) is 8.58. The van der Waals surface area contributed by atoms with E-state index in [1.165, 1.54) is 15.0 Å². The summed E-state index contributed by atoms with van der Waals surface area (Å²) in [6.07, 6.45) is 7.62. The molecular formula is C33H24N8S. The lowest BCUT2D eigenvalue weighted by Crippen LogP contribution is -2.18. The van der Waals surface area contributed by atoms with Crippen molar-refractivity contribution in [3.05, 3.63) is 121 Å². The molecule has 0 aliphatic heterocycles. The fourth-order valence-electron chi connectivity index (χ4n) is 5.36. The number of thiophene rings is 1. The van der Waals surface area contributed by atoms with Crippen molar-refractivity contribution < 1.29 is 0 Å². The van der Waals surface area contributed by atoms with Gasteiger partial charge >= 0.3 is 0 Å². The number of imidazole rings is 1. The molecule has 202 valence electrons. The number of nitrogen functional groups attached to an aromatic ring is 1. The summed E-state index contributed by atoms with van der Waals surface area (Å²) in [5.74, 6) is 0.950. The summed E-state index contributed by atoms with van der Waals surface area (Å²) in [5.41, 5.74) is 13.2. The van der Waals surface area contributed by atoms with Gasteiger partial charge in [0.1, 0.15) is 11.5 Å². The minimum Gasteiger partial charge on any atom is -0.368 e. The molecular weight excluding hydrogens is 540 g/mol. The van der Waals surface area contributed by atoms with Crippen LogP contribution >= 0.6 is 11.3 Å². The molecule has 8 rings (SSSR count). The molecule has 0 bridgehead atoms. The Kier molecular flexibility index (Phi) is 5.68. The molecule has 0 saturated heterocycles. The maximum atomic E-state index is 6.05. The Bertz CT molecular complexity index is 2140. The zero-order valence-electron chi connectivity index (χ0n) is 22.3. The number of benzene rings is 3. The van der Waals surface area contributed by atoms with E-state index >= 15 is 0 Å². The highest BCUT2D eigenvalue weighted by atomic mass is 32.1. The normalized spacial score (nSPS) is 11.5. The van der Waals surface area contributed by atoms with E-state index in [2.05, 4.69) is 98.0 Å². The van der Waals surface area contributed by atoms with E-state index in [0.29, 0.717) is 6.54 Å². The van der Waals surface area contributed by atoms with Crippen LogP contribution < -0.4 is 10.6 Å². The van der Waals surface area contributed by atoms with Gasteiger partial charge in [0.25, 0.3) is 0 Å². The van der Waals surface area contributed by atoms with Gasteiger partial charge in [0, 0.05) is 56.9 Å². The van der Waals surface area contributed by atoms with E-state index in [9.17, 15) is 0 Å². The Morgan fingerprint density at radius 3 is 2.62 bits per heavy atom. The van der Waals surface area contributed by atoms with Gasteiger partial charge in [-0.2, -0.15) is 10.1 Å². The van der Waals surface area contributed by atoms with Gasteiger partial charge in [-0.15, -0.1) is 11.3 Å². The van der Waals surface area contributed by atoms with E-state index < -0.39 is 0 Å². The third kappa shape index (κ3) is 4.32. The first-order valence-corrected chi connectivity index (χ1v) is 14.3. The monoisotopic (exact) mass is 564 g/mol. The molecule has 42 heavy (non-hydrogen) atoms. The van der Waals surface area contributed by atoms with Gasteiger partial charge in [0.05, 0.1) is 17.4 Å². The van der Waals surface area contributed by atoms with E-state index in [0.717, 1.165) is 50.4 Å². The molecule has 0 radical (unpaired) electrons. The second-order valence-corrected chi connectivity index (χ2v) is 11.2. The van der Waals surface area contributed by atoms with Gasteiger partial charge in [0.15, 0.2) is 0 Å². The van der Waals surface area contributed by atoms with E-state index in [1.54, 1.807) is 17.5 Å². The lowest BCUT2D eigenvalue weighted by molar-refractivity contribution is 0.942. The number of aromatic amines is 1. The summed E-state index contributed by atoms with van der Waals surface area (Å²) >= 11 is 1.77. The van der Waals surface area contributed by atoms with Crippen LogP contribution in [0.5, 0.6) is 0 Å². The molecule has 5 aromatic heterocycles. The van der Waals surface area contributed by atoms with Crippen LogP contribution in [0.15, 0.2) is 116 Å². The van der Waals surface area contributed by atoms with Crippen molar-refractivity contribution in [1.29, 1.82) is 0 Å². The maximum Gasteiger partial charge on any atom is 0.221 e. The molecule has 5 heterocycles. The Balaban J connectivity index is 1.21. The minimum atomic E-state index is 0.230. The molecule has 3 aromatic carbocycles. The first kappa shape index (κ1) is 24.3. The van der Waals surface area contributed by atoms with Crippen LogP contribution in [0.25, 0.3) is 48.3 Å². The van der Waals surface area contributed by atoms with Crippen LogP contribution in [0.2, 0.25) is 0 Å². The molecule has 0 aliphatic rings. The number of fused-ring (bicyclic) bond motifs is 3. The number of anilines is 3. The molecule has 8 aromatic rings. The van der Waals surface area contributed by atoms with E-state index in [1.807, 2.05) is 41.1 Å². The highest BCUT2D eigenvalue weighted by Crippen LogP contribution is 2.40. The standard InChI is InChI=1S/C33H24N8S/c34-33-35-13-12-31(38-33)41(19-21-8-10-22(11-9-21)27-20-40-14-4-3-7-30(40)37-27)25-15-24-18-36-39-32(24)26(17-25)29-16-23-5-1-2-6-28(23)42-29/h1-18,20H,19H2,(H,36,39)(H2,34,35,38). The van der Waals surface area contributed by atoms with Crippen molar-refractivity contribution in [1.82, 2.24) is 29.5 Å². The molecule has 0 fully saturated rings. The number of aromatic nitrogens is 6. The number of pyridine rings is 1. The second-order valence-electron chi connectivity index (χ2n) is 10.1. The number of hydrogen-bond donors (Lipinski definition) is 2. The number of nitrogens with zero attached hydrogens (tertiary/aromatic N) is 6. The molecule has 0 aliphatic carbocycles. The average molecular weight is 565 g/mol. The van der Waals surface area contributed by atoms with Crippen LogP contribution in [0.4, 0.5) is 17.5 Å². The summed E-state index contributed by atoms with van der Waals surface area (Å²) in [4.78, 5) is 16.8. The Hall–Kier alpha value is -5.54. The first-order chi connectivity index (χ1) is 20.7. The second kappa shape index (κ2) is 9.83. The van der Waals surface area contributed by atoms with E-state index in [4.69, 9.17) is 10.7 Å². The lowest BCUT2D eigenvalue weighted by atomic mass is 10.1. The minimum absolute atomic E-state index is 0.230. The Labute approximate surface area is 244 Å². The van der Waals surface area contributed by atoms with Crippen molar-refractivity contribution in [3.8, 4) is 21.7 Å². The smallest absolute Gasteiger partial charge is 0.221 e. The summed E-state index contributed by atoms with van der Waals surface area (Å²) < 4.78 is 3.28. The number of hydrogen-bond acceptors (Lipinski definition) is 7. The van der Waals surface area contributed by atoms with Gasteiger partial charge in [-0.1, -0.05) is 48.5 Å². The molecule has 0 saturated carbocycles. The quantitative estimate of drug-likeness (QED) is 0.217. The van der Waals surface area contributed by atoms with Crippen molar-refractivity contribution in [2.45, 2.75) is 6.54 Å². The summed E-state index contributed by atoms with van der Waals surface area (Å²) in [5, 5.41) is 9.83. The van der Waals surface area contributed by atoms with Gasteiger partial charge < -0.3 is 15.0 Å². The van der Waals surface area contributed by atoms with Crippen LogP contribution in [0, 0.1) is 0 Å². The molecule has 8 nitrogen and oxygen atoms in total. The zero-order chi connectivity index (χ0) is 28.0. The van der Waals surface area contributed by atoms with E-state index in [-0.39, 0.29) is 5.95 Å². The fraction of sp³-hybridized carbons (Fsp3) is 0.0303. The topological polar surface area (TPSA) is 101 Å². The highest BCUT2D eigenvalue weighted by Gasteiger charge is 2.18. The summed E-state index contributed by atoms with van der Waals surface area (Å²) in [6, 6.07) is 31.4. The van der Waals surface area contributed by atoms with Crippen molar-refractivity contribution in [2.24, 2.45) is 0 Å². The van der Waals surface area contributed by atoms with Gasteiger partial charge in [-0.25, -0.2) is 9.97 Å². The zero-order valence-corrected chi connectivity index (χ0v) is 23.2. The van der Waals surface area contributed by atoms with Crippen molar-refractivity contribution in [3.63, 3.8) is 0 Å². The number of rotatable bonds is 6. The van der Waals surface area contributed by atoms with Crippen LogP contribution in [0.3, 0.4) is 0 Å². The molecule has 3 N–H and O–H groups in total. The molecule has 0 spiro atoms. The van der Waals surface area contributed by atoms with Crippen molar-refractivity contribution in [2.75, 3.05) is 10.6 Å². The van der Waals surface area contributed by atoms with Crippen molar-refractivity contribution >= 4 is 55.4 Å². The lowest BCUT2D eigenvalue weighted by Gasteiger charge is -2.25. The third-order valence-electron chi connectivity index (χ3n) is 7.43. The summed E-state index contributed by atoms with van der Waals surface area (Å²) in [7, 11) is 0. The van der Waals surface area contributed by atoms with Gasteiger partial charge in [-0.05, 0) is 53.4 Å². The maximum absolute atomic E-state index is 6.05. The van der Waals surface area contributed by atoms with Crippen LogP contribution in [0.1, 0.15) is 5.56 Å². The molecule has 0 amide bonds. The number of H-pyrrole nitrogens is 1. The fourth-order valence-corrected chi connectivity index (χ4v) is 6.45. The predicted molar refractivity (Wildman–Crippen MR) is 170 cm³/mol. The molecule has 0 atom stereocenters. The molecule has 9 heteroatoms.